The van der Waals surface area contributed by atoms with E-state index >= 15 is 0 Å². The molecule has 2 heterocycles. The maximum Gasteiger partial charge on any atom is 0.159 e. The fourth-order valence-electron chi connectivity index (χ4n) is 3.64. The van der Waals surface area contributed by atoms with Crippen molar-refractivity contribution in [2.75, 3.05) is 0 Å². The Balaban J connectivity index is 0.000000557. The van der Waals surface area contributed by atoms with Gasteiger partial charge in [-0.2, -0.15) is 0 Å². The molecule has 42 heavy (non-hydrogen) atoms. The number of ketones is 1. The highest BCUT2D eigenvalue weighted by atomic mass is 16.1. The number of hydrogen-bond acceptors (Lipinski definition) is 3. The number of nitrogens with zero attached hydrogens (tertiary/aromatic N) is 2. The minimum absolute atomic E-state index is 0.144. The summed E-state index contributed by atoms with van der Waals surface area (Å²) in [6, 6.07) is 22.5. The third-order valence-electron chi connectivity index (χ3n) is 6.48. The SMILES string of the molecule is CC.CCCC.CCCCCc1ccc(C(C)=O)cc1.Cc1cc(-c2cccnc2)ccn1.Cc1ccc(C)c(C)c1. The van der Waals surface area contributed by atoms with Crippen molar-refractivity contribution in [2.24, 2.45) is 0 Å². The molecule has 0 amide bonds. The van der Waals surface area contributed by atoms with Gasteiger partial charge in [0.05, 0.1) is 0 Å². The fraction of sp³-hybridized carbons (Fsp3) is 0.410. The molecular formula is C39H56N2O. The summed E-state index contributed by atoms with van der Waals surface area (Å²) in [6.07, 6.45) is 13.0. The molecule has 0 N–H and O–H groups in total. The molecule has 0 aliphatic rings. The molecule has 0 saturated heterocycles. The molecule has 0 aliphatic carbocycles. The zero-order chi connectivity index (χ0) is 31.8. The van der Waals surface area contributed by atoms with E-state index in [0.29, 0.717) is 0 Å². The minimum atomic E-state index is 0.144. The lowest BCUT2D eigenvalue weighted by Gasteiger charge is -2.01. The van der Waals surface area contributed by atoms with Gasteiger partial charge in [-0.3, -0.25) is 14.8 Å². The number of carbonyl (C=O) groups is 1. The van der Waals surface area contributed by atoms with Gasteiger partial charge in [-0.25, -0.2) is 0 Å². The maximum atomic E-state index is 11.0. The zero-order valence-corrected chi connectivity index (χ0v) is 28.1. The van der Waals surface area contributed by atoms with E-state index < -0.39 is 0 Å². The first-order valence-corrected chi connectivity index (χ1v) is 15.7. The van der Waals surface area contributed by atoms with Crippen molar-refractivity contribution >= 4 is 5.78 Å². The highest BCUT2D eigenvalue weighted by molar-refractivity contribution is 5.94. The molecule has 0 aliphatic heterocycles. The molecule has 0 fully saturated rings. The molecule has 0 bridgehead atoms. The van der Waals surface area contributed by atoms with Gasteiger partial charge < -0.3 is 0 Å². The Morgan fingerprint density at radius 2 is 1.36 bits per heavy atom. The van der Waals surface area contributed by atoms with Crippen LogP contribution in [0.5, 0.6) is 0 Å². The molecule has 0 radical (unpaired) electrons. The van der Waals surface area contributed by atoms with Crippen molar-refractivity contribution in [3.05, 3.63) is 119 Å². The number of carbonyl (C=O) groups excluding carboxylic acids is 1. The number of aryl methyl sites for hydroxylation is 5. The summed E-state index contributed by atoms with van der Waals surface area (Å²) < 4.78 is 0. The molecule has 3 heteroatoms. The highest BCUT2D eigenvalue weighted by Gasteiger charge is 1.99. The first kappa shape index (κ1) is 38.4. The summed E-state index contributed by atoms with van der Waals surface area (Å²) in [5.74, 6) is 0.144. The number of hydrogen-bond donors (Lipinski definition) is 0. The van der Waals surface area contributed by atoms with Crippen LogP contribution in [-0.4, -0.2) is 15.8 Å². The Morgan fingerprint density at radius 1 is 0.690 bits per heavy atom. The standard InChI is InChI=1S/C13H18O.C11H10N2.C9H12.C4H10.C2H6/c1-3-4-5-6-12-7-9-13(10-8-12)11(2)14;1-9-7-10(4-6-13-9)11-3-2-5-12-8-11;1-7-4-5-8(2)9(3)6-7;1-3-4-2;1-2/h7-10H,3-6H2,1-2H3;2-8H,1H3;4-6H,1-3H3;3-4H2,1-2H3;1-2H3. The monoisotopic (exact) mass is 568 g/mol. The largest absolute Gasteiger partial charge is 0.295 e. The van der Waals surface area contributed by atoms with E-state index in [-0.39, 0.29) is 5.78 Å². The van der Waals surface area contributed by atoms with Gasteiger partial charge in [0.1, 0.15) is 0 Å². The Hall–Kier alpha value is -3.59. The average molecular weight is 569 g/mol. The van der Waals surface area contributed by atoms with Crippen LogP contribution in [0, 0.1) is 27.7 Å². The van der Waals surface area contributed by atoms with Crippen LogP contribution in [-0.2, 0) is 6.42 Å². The number of Topliss-reactive ketones (excluding diaryl/α,β-unsaturated/α-hetero) is 1. The lowest BCUT2D eigenvalue weighted by Crippen LogP contribution is -1.92. The molecular weight excluding hydrogens is 512 g/mol. The van der Waals surface area contributed by atoms with Crippen LogP contribution in [0.4, 0.5) is 0 Å². The number of rotatable bonds is 7. The van der Waals surface area contributed by atoms with Gasteiger partial charge >= 0.3 is 0 Å². The third-order valence-corrected chi connectivity index (χ3v) is 6.48. The van der Waals surface area contributed by atoms with Crippen LogP contribution in [0.1, 0.15) is 112 Å². The quantitative estimate of drug-likeness (QED) is 0.164. The summed E-state index contributed by atoms with van der Waals surface area (Å²) in [5.41, 5.74) is 9.58. The second-order valence-corrected chi connectivity index (χ2v) is 10.2. The van der Waals surface area contributed by atoms with Gasteiger partial charge in [-0.05, 0) is 87.9 Å². The molecule has 0 unspecified atom stereocenters. The lowest BCUT2D eigenvalue weighted by molar-refractivity contribution is 0.101. The predicted molar refractivity (Wildman–Crippen MR) is 184 cm³/mol. The first-order valence-electron chi connectivity index (χ1n) is 15.7. The van der Waals surface area contributed by atoms with Gasteiger partial charge in [0, 0.05) is 35.4 Å². The van der Waals surface area contributed by atoms with Gasteiger partial charge in [0.25, 0.3) is 0 Å². The number of aromatic nitrogens is 2. The van der Waals surface area contributed by atoms with Crippen molar-refractivity contribution in [3.63, 3.8) is 0 Å². The minimum Gasteiger partial charge on any atom is -0.295 e. The van der Waals surface area contributed by atoms with E-state index in [4.69, 9.17) is 0 Å². The molecule has 0 spiro atoms. The number of unbranched alkanes of at least 4 members (excludes halogenated alkanes) is 3. The average Bonchev–Trinajstić information content (AvgIpc) is 3.02. The van der Waals surface area contributed by atoms with Crippen LogP contribution in [0.3, 0.4) is 0 Å². The fourth-order valence-corrected chi connectivity index (χ4v) is 3.64. The van der Waals surface area contributed by atoms with Crippen molar-refractivity contribution in [3.8, 4) is 11.1 Å². The third kappa shape index (κ3) is 17.3. The van der Waals surface area contributed by atoms with E-state index in [1.54, 1.807) is 13.1 Å². The van der Waals surface area contributed by atoms with E-state index in [0.717, 1.165) is 23.2 Å². The highest BCUT2D eigenvalue weighted by Crippen LogP contribution is 2.17. The normalized spacial score (nSPS) is 9.38. The van der Waals surface area contributed by atoms with Crippen molar-refractivity contribution in [1.82, 2.24) is 9.97 Å². The van der Waals surface area contributed by atoms with Crippen LogP contribution < -0.4 is 0 Å². The molecule has 2 aromatic heterocycles. The van der Waals surface area contributed by atoms with Gasteiger partial charge in [0.2, 0.25) is 0 Å². The Labute approximate surface area is 257 Å². The summed E-state index contributed by atoms with van der Waals surface area (Å²) >= 11 is 0. The van der Waals surface area contributed by atoms with Crippen molar-refractivity contribution in [1.29, 1.82) is 0 Å². The van der Waals surface area contributed by atoms with Crippen LogP contribution in [0.15, 0.2) is 85.3 Å². The summed E-state index contributed by atoms with van der Waals surface area (Å²) in [7, 11) is 0. The van der Waals surface area contributed by atoms with Gasteiger partial charge in [-0.15, -0.1) is 0 Å². The van der Waals surface area contributed by atoms with E-state index in [9.17, 15) is 4.79 Å². The predicted octanol–water partition coefficient (Wildman–Crippen LogP) is 11.5. The summed E-state index contributed by atoms with van der Waals surface area (Å²) in [4.78, 5) is 19.2. The summed E-state index contributed by atoms with van der Waals surface area (Å²) in [6.45, 7) is 20.5. The molecule has 4 aromatic rings. The smallest absolute Gasteiger partial charge is 0.159 e. The molecule has 228 valence electrons. The van der Waals surface area contributed by atoms with Crippen LogP contribution in [0.25, 0.3) is 11.1 Å². The molecule has 0 saturated carbocycles. The first-order chi connectivity index (χ1) is 20.2. The maximum absolute atomic E-state index is 11.0. The Kier molecular flexibility index (Phi) is 22.0. The molecule has 2 aromatic carbocycles. The second kappa shape index (κ2) is 24.1. The zero-order valence-electron chi connectivity index (χ0n) is 28.1. The van der Waals surface area contributed by atoms with Gasteiger partial charge in [-0.1, -0.05) is 114 Å². The Morgan fingerprint density at radius 3 is 1.83 bits per heavy atom. The van der Waals surface area contributed by atoms with Crippen LogP contribution >= 0.6 is 0 Å². The van der Waals surface area contributed by atoms with Gasteiger partial charge in [0.15, 0.2) is 5.78 Å². The molecule has 0 atom stereocenters. The topological polar surface area (TPSA) is 42.9 Å². The van der Waals surface area contributed by atoms with E-state index in [2.05, 4.69) is 87.9 Å². The molecule has 4 rings (SSSR count). The number of benzene rings is 2. The number of pyridine rings is 2. The molecule has 3 nitrogen and oxygen atoms in total. The second-order valence-electron chi connectivity index (χ2n) is 10.2. The van der Waals surface area contributed by atoms with Crippen molar-refractivity contribution in [2.45, 2.75) is 108 Å². The summed E-state index contributed by atoms with van der Waals surface area (Å²) in [5, 5.41) is 0. The van der Waals surface area contributed by atoms with Crippen molar-refractivity contribution < 1.29 is 4.79 Å². The lowest BCUT2D eigenvalue weighted by atomic mass is 10.0. The Bertz CT molecular complexity index is 1230. The van der Waals surface area contributed by atoms with Crippen LogP contribution in [0.2, 0.25) is 0 Å². The van der Waals surface area contributed by atoms with E-state index in [1.807, 2.05) is 63.5 Å². The van der Waals surface area contributed by atoms with E-state index in [1.165, 1.54) is 59.9 Å².